The summed E-state index contributed by atoms with van der Waals surface area (Å²) in [6, 6.07) is 9.21. The Bertz CT molecular complexity index is 1440. The molecule has 178 valence electrons. The van der Waals surface area contributed by atoms with Gasteiger partial charge >= 0.3 is 0 Å². The van der Waals surface area contributed by atoms with Crippen molar-refractivity contribution in [2.45, 2.75) is 32.4 Å². The summed E-state index contributed by atoms with van der Waals surface area (Å²) in [4.78, 5) is 32.5. The van der Waals surface area contributed by atoms with Gasteiger partial charge in [-0.25, -0.2) is 13.8 Å². The lowest BCUT2D eigenvalue weighted by molar-refractivity contribution is -0.123. The van der Waals surface area contributed by atoms with E-state index in [1.54, 1.807) is 38.3 Å². The molecule has 2 aromatic heterocycles. The van der Waals surface area contributed by atoms with Crippen molar-refractivity contribution in [1.29, 1.82) is 0 Å². The number of carbonyl (C=O) groups is 2. The van der Waals surface area contributed by atoms with E-state index in [-0.39, 0.29) is 10.7 Å². The van der Waals surface area contributed by atoms with Crippen molar-refractivity contribution in [1.82, 2.24) is 10.3 Å². The minimum atomic E-state index is -1.39. The number of halogens is 2. The Hall–Kier alpha value is -3.61. The zero-order valence-corrected chi connectivity index (χ0v) is 20.8. The molecule has 0 spiro atoms. The predicted molar refractivity (Wildman–Crippen MR) is 136 cm³/mol. The largest absolute Gasteiger partial charge is 0.349 e. The van der Waals surface area contributed by atoms with E-state index in [0.29, 0.717) is 10.9 Å². The van der Waals surface area contributed by atoms with Gasteiger partial charge in [0.2, 0.25) is 5.91 Å². The molecule has 5 nitrogen and oxygen atoms in total. The van der Waals surface area contributed by atoms with Gasteiger partial charge in [-0.05, 0) is 55.7 Å². The first-order chi connectivity index (χ1) is 16.6. The summed E-state index contributed by atoms with van der Waals surface area (Å²) in [6.07, 6.45) is 5.41. The number of nitrogens with one attached hydrogen (secondary N) is 1. The summed E-state index contributed by atoms with van der Waals surface area (Å²) < 4.78 is 31.2. The number of para-hydroxylation sites is 1. The number of hydrogen-bond donors (Lipinski definition) is 1. The molecule has 2 heterocycles. The van der Waals surface area contributed by atoms with E-state index < -0.39 is 40.7 Å². The lowest BCUT2D eigenvalue weighted by Crippen LogP contribution is -2.50. The number of rotatable bonds is 5. The molecule has 9 heteroatoms. The minimum Gasteiger partial charge on any atom is -0.349 e. The molecule has 0 fully saturated rings. The summed E-state index contributed by atoms with van der Waals surface area (Å²) >= 11 is 2.42. The van der Waals surface area contributed by atoms with Gasteiger partial charge in [0, 0.05) is 21.2 Å². The molecule has 2 aromatic carbocycles. The number of fused-ring (bicyclic) bond motifs is 1. The highest BCUT2D eigenvalue weighted by atomic mass is 32.1. The fourth-order valence-corrected chi connectivity index (χ4v) is 5.25. The standard InChI is InChI=1S/C26H21F2N3O2S2/c1-5-21-29-19(14-35-21)25(33)31(23-17(27)10-8-11-18(23)28)22(24(32)30-26(2,3)4)16-13-34-20-12-7-6-9-15(16)20/h1,6-14,22H,2-4H3,(H,30,32). The van der Waals surface area contributed by atoms with Crippen LogP contribution >= 0.6 is 22.7 Å². The maximum Gasteiger partial charge on any atom is 0.278 e. The van der Waals surface area contributed by atoms with Crippen molar-refractivity contribution in [2.24, 2.45) is 0 Å². The summed E-state index contributed by atoms with van der Waals surface area (Å²) in [5.74, 6) is -1.07. The Morgan fingerprint density at radius 3 is 2.37 bits per heavy atom. The van der Waals surface area contributed by atoms with E-state index in [2.05, 4.69) is 16.2 Å². The second kappa shape index (κ2) is 9.56. The summed E-state index contributed by atoms with van der Waals surface area (Å²) in [6.45, 7) is 5.34. The Morgan fingerprint density at radius 2 is 1.74 bits per heavy atom. The molecular formula is C26H21F2N3O2S2. The quantitative estimate of drug-likeness (QED) is 0.340. The molecule has 1 unspecified atom stereocenters. The highest BCUT2D eigenvalue weighted by molar-refractivity contribution is 7.17. The van der Waals surface area contributed by atoms with Gasteiger partial charge in [-0.3, -0.25) is 14.5 Å². The Balaban J connectivity index is 1.99. The van der Waals surface area contributed by atoms with Gasteiger partial charge in [0.05, 0.1) is 0 Å². The number of anilines is 1. The van der Waals surface area contributed by atoms with Crippen molar-refractivity contribution in [3.05, 3.63) is 81.1 Å². The van der Waals surface area contributed by atoms with Crippen molar-refractivity contribution >= 4 is 50.3 Å². The van der Waals surface area contributed by atoms with Crippen molar-refractivity contribution in [3.63, 3.8) is 0 Å². The number of terminal acetylenes is 1. The molecule has 4 aromatic rings. The first-order valence-electron chi connectivity index (χ1n) is 10.6. The van der Waals surface area contributed by atoms with Gasteiger partial charge in [0.1, 0.15) is 29.1 Å². The third-order valence-electron chi connectivity index (χ3n) is 5.05. The summed E-state index contributed by atoms with van der Waals surface area (Å²) in [5, 5.41) is 6.93. The highest BCUT2D eigenvalue weighted by Gasteiger charge is 2.39. The third kappa shape index (κ3) is 4.94. The third-order valence-corrected chi connectivity index (χ3v) is 6.81. The number of thiazole rings is 1. The van der Waals surface area contributed by atoms with Crippen LogP contribution in [0.2, 0.25) is 0 Å². The number of aromatic nitrogens is 1. The van der Waals surface area contributed by atoms with E-state index in [4.69, 9.17) is 6.42 Å². The van der Waals surface area contributed by atoms with Crippen molar-refractivity contribution < 1.29 is 18.4 Å². The second-order valence-electron chi connectivity index (χ2n) is 8.76. The SMILES string of the molecule is C#Cc1nc(C(=O)N(c2c(F)cccc2F)C(C(=O)NC(C)(C)C)c2csc3ccccc23)cs1. The lowest BCUT2D eigenvalue weighted by Gasteiger charge is -2.33. The number of thiophene rings is 1. The van der Waals surface area contributed by atoms with Crippen LogP contribution in [0.3, 0.4) is 0 Å². The van der Waals surface area contributed by atoms with Gasteiger partial charge in [0.25, 0.3) is 5.91 Å². The van der Waals surface area contributed by atoms with Crippen LogP contribution in [-0.2, 0) is 4.79 Å². The van der Waals surface area contributed by atoms with Crippen LogP contribution in [0.1, 0.15) is 47.9 Å². The van der Waals surface area contributed by atoms with Crippen LogP contribution in [-0.4, -0.2) is 22.3 Å². The Kier molecular flexibility index (Phi) is 6.70. The molecule has 0 saturated carbocycles. The minimum absolute atomic E-state index is 0.112. The molecular weight excluding hydrogens is 488 g/mol. The van der Waals surface area contributed by atoms with Gasteiger partial charge in [-0.2, -0.15) is 0 Å². The monoisotopic (exact) mass is 509 g/mol. The van der Waals surface area contributed by atoms with Crippen LogP contribution in [0.15, 0.2) is 53.2 Å². The van der Waals surface area contributed by atoms with E-state index in [9.17, 15) is 9.59 Å². The van der Waals surface area contributed by atoms with Gasteiger partial charge < -0.3 is 5.32 Å². The molecule has 0 radical (unpaired) electrons. The lowest BCUT2D eigenvalue weighted by atomic mass is 9.99. The molecule has 2 amide bonds. The Morgan fingerprint density at radius 1 is 1.06 bits per heavy atom. The van der Waals surface area contributed by atoms with Crippen LogP contribution in [0.5, 0.6) is 0 Å². The average Bonchev–Trinajstić information content (AvgIpc) is 3.44. The van der Waals surface area contributed by atoms with Gasteiger partial charge in [-0.15, -0.1) is 29.1 Å². The molecule has 0 aliphatic carbocycles. The van der Waals surface area contributed by atoms with E-state index in [1.807, 2.05) is 12.1 Å². The Labute approximate surface area is 209 Å². The highest BCUT2D eigenvalue weighted by Crippen LogP contribution is 2.39. The normalized spacial score (nSPS) is 12.2. The predicted octanol–water partition coefficient (Wildman–Crippen LogP) is 5.92. The van der Waals surface area contributed by atoms with Gasteiger partial charge in [0.15, 0.2) is 5.01 Å². The first-order valence-corrected chi connectivity index (χ1v) is 12.3. The van der Waals surface area contributed by atoms with Crippen LogP contribution in [0, 0.1) is 24.0 Å². The molecule has 0 aliphatic rings. The summed E-state index contributed by atoms with van der Waals surface area (Å²) in [7, 11) is 0. The first kappa shape index (κ1) is 24.5. The number of hydrogen-bond acceptors (Lipinski definition) is 5. The second-order valence-corrected chi connectivity index (χ2v) is 10.5. The molecule has 0 bridgehead atoms. The van der Waals surface area contributed by atoms with Crippen LogP contribution in [0.25, 0.3) is 10.1 Å². The van der Waals surface area contributed by atoms with Crippen LogP contribution < -0.4 is 10.2 Å². The molecule has 35 heavy (non-hydrogen) atoms. The molecule has 0 aliphatic heterocycles. The van der Waals surface area contributed by atoms with Crippen molar-refractivity contribution in [2.75, 3.05) is 4.90 Å². The topological polar surface area (TPSA) is 62.3 Å². The fourth-order valence-electron chi connectivity index (χ4n) is 3.67. The summed E-state index contributed by atoms with van der Waals surface area (Å²) in [5.41, 5.74) is -0.993. The van der Waals surface area contributed by atoms with Crippen LogP contribution in [0.4, 0.5) is 14.5 Å². The van der Waals surface area contributed by atoms with Crippen molar-refractivity contribution in [3.8, 4) is 12.3 Å². The fraction of sp³-hybridized carbons (Fsp3) is 0.192. The maximum atomic E-state index is 15.2. The van der Waals surface area contributed by atoms with E-state index >= 15 is 8.78 Å². The average molecular weight is 510 g/mol. The zero-order chi connectivity index (χ0) is 25.3. The number of benzene rings is 2. The molecule has 1 atom stereocenters. The number of carbonyl (C=O) groups excluding carboxylic acids is 2. The molecule has 1 N–H and O–H groups in total. The van der Waals surface area contributed by atoms with E-state index in [0.717, 1.165) is 33.1 Å². The zero-order valence-electron chi connectivity index (χ0n) is 19.1. The number of nitrogens with zero attached hydrogens (tertiary/aromatic N) is 2. The smallest absolute Gasteiger partial charge is 0.278 e. The molecule has 4 rings (SSSR count). The van der Waals surface area contributed by atoms with Gasteiger partial charge in [-0.1, -0.05) is 24.3 Å². The maximum absolute atomic E-state index is 15.2. The molecule has 0 saturated heterocycles. The van der Waals surface area contributed by atoms with E-state index in [1.165, 1.54) is 22.8 Å². The number of amides is 2.